The molecule has 1 aliphatic rings. The smallest absolute Gasteiger partial charge is 0.131 e. The van der Waals surface area contributed by atoms with Crippen LogP contribution in [0.1, 0.15) is 12.8 Å². The van der Waals surface area contributed by atoms with E-state index in [1.165, 1.54) is 0 Å². The van der Waals surface area contributed by atoms with Gasteiger partial charge in [0.2, 0.25) is 0 Å². The average Bonchev–Trinajstić information content (AvgIpc) is 1.77. The van der Waals surface area contributed by atoms with Crippen LogP contribution in [-0.4, -0.2) is 17.5 Å². The molecule has 0 aromatic carbocycles. The molecule has 0 amide bonds. The summed E-state index contributed by atoms with van der Waals surface area (Å²) in [7, 11) is 0. The number of rotatable bonds is 0. The Labute approximate surface area is 58.9 Å². The highest BCUT2D eigenvalue weighted by molar-refractivity contribution is 6.21. The summed E-state index contributed by atoms with van der Waals surface area (Å²) >= 11 is 11.3. The summed E-state index contributed by atoms with van der Waals surface area (Å²) in [6.45, 7) is 0.607. The van der Waals surface area contributed by atoms with E-state index in [2.05, 4.69) is 0 Å². The zero-order chi connectivity index (χ0) is 5.98. The van der Waals surface area contributed by atoms with E-state index >= 15 is 0 Å². The van der Waals surface area contributed by atoms with Gasteiger partial charge in [0, 0.05) is 0 Å². The van der Waals surface area contributed by atoms with Gasteiger partial charge in [-0.3, -0.25) is 0 Å². The monoisotopic (exact) mass is 154 g/mol. The Hall–Kier alpha value is 0.540. The van der Waals surface area contributed by atoms with Crippen LogP contribution in [0.15, 0.2) is 0 Å². The molecule has 8 heavy (non-hydrogen) atoms. The summed E-state index contributed by atoms with van der Waals surface area (Å²) in [5.41, 5.74) is -0.0926. The van der Waals surface area contributed by atoms with Gasteiger partial charge < -0.3 is 4.74 Å². The van der Waals surface area contributed by atoms with Crippen molar-refractivity contribution in [2.45, 2.75) is 23.8 Å². The van der Waals surface area contributed by atoms with Gasteiger partial charge >= 0.3 is 0 Å². The van der Waals surface area contributed by atoms with Gasteiger partial charge in [-0.1, -0.05) is 11.6 Å². The van der Waals surface area contributed by atoms with E-state index in [9.17, 15) is 0 Å². The Kier molecular flexibility index (Phi) is 2.42. The lowest BCUT2D eigenvalue weighted by Crippen LogP contribution is -2.21. The predicted molar refractivity (Wildman–Crippen MR) is 34.5 cm³/mol. The van der Waals surface area contributed by atoms with Crippen molar-refractivity contribution in [2.75, 3.05) is 6.61 Å². The lowest BCUT2D eigenvalue weighted by molar-refractivity contribution is 0.0707. The Morgan fingerprint density at radius 1 is 1.25 bits per heavy atom. The minimum absolute atomic E-state index is 0.0926. The van der Waals surface area contributed by atoms with Crippen LogP contribution >= 0.6 is 23.2 Å². The van der Waals surface area contributed by atoms with Crippen molar-refractivity contribution < 1.29 is 4.74 Å². The first-order valence-corrected chi connectivity index (χ1v) is 3.56. The molecule has 0 saturated carbocycles. The van der Waals surface area contributed by atoms with Crippen LogP contribution in [0.5, 0.6) is 0 Å². The van der Waals surface area contributed by atoms with Crippen molar-refractivity contribution in [1.29, 1.82) is 0 Å². The SMILES string of the molecule is ClC1CCC(Cl)OC1. The molecule has 2 unspecified atom stereocenters. The normalized spacial score (nSPS) is 39.8. The highest BCUT2D eigenvalue weighted by Gasteiger charge is 2.16. The summed E-state index contributed by atoms with van der Waals surface area (Å²) in [4.78, 5) is 0. The zero-order valence-corrected chi connectivity index (χ0v) is 5.95. The number of hydrogen-bond acceptors (Lipinski definition) is 1. The van der Waals surface area contributed by atoms with Gasteiger partial charge in [0.25, 0.3) is 0 Å². The summed E-state index contributed by atoms with van der Waals surface area (Å²) in [5, 5.41) is 0.185. The minimum atomic E-state index is -0.0926. The fourth-order valence-corrected chi connectivity index (χ4v) is 1.08. The molecule has 0 bridgehead atoms. The van der Waals surface area contributed by atoms with Crippen molar-refractivity contribution in [2.24, 2.45) is 0 Å². The van der Waals surface area contributed by atoms with Crippen molar-refractivity contribution in [3.05, 3.63) is 0 Å². The fraction of sp³-hybridized carbons (Fsp3) is 1.00. The van der Waals surface area contributed by atoms with Crippen molar-refractivity contribution in [3.63, 3.8) is 0 Å². The van der Waals surface area contributed by atoms with Gasteiger partial charge in [-0.25, -0.2) is 0 Å². The molecule has 1 aliphatic heterocycles. The molecule has 0 aliphatic carbocycles. The number of alkyl halides is 2. The lowest BCUT2D eigenvalue weighted by atomic mass is 10.2. The maximum Gasteiger partial charge on any atom is 0.131 e. The summed E-state index contributed by atoms with van der Waals surface area (Å²) < 4.78 is 5.02. The van der Waals surface area contributed by atoms with Crippen molar-refractivity contribution >= 4 is 23.2 Å². The molecular formula is C5H8Cl2O. The van der Waals surface area contributed by atoms with Gasteiger partial charge in [0.05, 0.1) is 12.0 Å². The minimum Gasteiger partial charge on any atom is -0.361 e. The van der Waals surface area contributed by atoms with E-state index < -0.39 is 0 Å². The highest BCUT2D eigenvalue weighted by Crippen LogP contribution is 2.19. The van der Waals surface area contributed by atoms with Gasteiger partial charge in [-0.15, -0.1) is 11.6 Å². The molecule has 1 nitrogen and oxygen atoms in total. The van der Waals surface area contributed by atoms with Crippen LogP contribution in [-0.2, 0) is 4.74 Å². The molecule has 2 atom stereocenters. The molecule has 0 radical (unpaired) electrons. The Balaban J connectivity index is 2.19. The third-order valence-electron chi connectivity index (χ3n) is 1.16. The molecular weight excluding hydrogens is 147 g/mol. The van der Waals surface area contributed by atoms with Crippen LogP contribution in [0.2, 0.25) is 0 Å². The van der Waals surface area contributed by atoms with Gasteiger partial charge in [-0.2, -0.15) is 0 Å². The molecule has 1 rings (SSSR count). The first-order valence-electron chi connectivity index (χ1n) is 2.69. The summed E-state index contributed by atoms with van der Waals surface area (Å²) in [6, 6.07) is 0. The van der Waals surface area contributed by atoms with Crippen LogP contribution in [0.25, 0.3) is 0 Å². The lowest BCUT2D eigenvalue weighted by Gasteiger charge is -2.20. The van der Waals surface area contributed by atoms with E-state index in [1.807, 2.05) is 0 Å². The quantitative estimate of drug-likeness (QED) is 0.486. The molecule has 1 heterocycles. The van der Waals surface area contributed by atoms with Gasteiger partial charge in [0.15, 0.2) is 0 Å². The third kappa shape index (κ3) is 1.81. The first-order chi connectivity index (χ1) is 3.79. The first kappa shape index (κ1) is 6.66. The van der Waals surface area contributed by atoms with Crippen molar-refractivity contribution in [1.82, 2.24) is 0 Å². The molecule has 3 heteroatoms. The average molecular weight is 155 g/mol. The van der Waals surface area contributed by atoms with E-state index in [0.717, 1.165) is 12.8 Å². The summed E-state index contributed by atoms with van der Waals surface area (Å²) in [5.74, 6) is 0. The maximum atomic E-state index is 5.70. The van der Waals surface area contributed by atoms with Crippen LogP contribution < -0.4 is 0 Å². The van der Waals surface area contributed by atoms with Gasteiger partial charge in [0.1, 0.15) is 5.56 Å². The zero-order valence-electron chi connectivity index (χ0n) is 4.44. The van der Waals surface area contributed by atoms with Gasteiger partial charge in [-0.05, 0) is 12.8 Å². The second kappa shape index (κ2) is 2.90. The Bertz CT molecular complexity index is 58.8. The molecule has 1 fully saturated rings. The van der Waals surface area contributed by atoms with E-state index in [-0.39, 0.29) is 10.9 Å². The molecule has 0 spiro atoms. The van der Waals surface area contributed by atoms with E-state index in [1.54, 1.807) is 0 Å². The second-order valence-electron chi connectivity index (χ2n) is 1.92. The molecule has 0 N–H and O–H groups in total. The molecule has 0 aromatic heterocycles. The third-order valence-corrected chi connectivity index (χ3v) is 1.85. The molecule has 48 valence electrons. The highest BCUT2D eigenvalue weighted by atomic mass is 35.5. The second-order valence-corrected chi connectivity index (χ2v) is 3.02. The number of hydrogen-bond donors (Lipinski definition) is 0. The summed E-state index contributed by atoms with van der Waals surface area (Å²) in [6.07, 6.45) is 1.87. The van der Waals surface area contributed by atoms with Crippen LogP contribution in [0.4, 0.5) is 0 Å². The van der Waals surface area contributed by atoms with Crippen LogP contribution in [0, 0.1) is 0 Å². The Morgan fingerprint density at radius 3 is 2.38 bits per heavy atom. The predicted octanol–water partition coefficient (Wildman–Crippen LogP) is 1.97. The molecule has 1 saturated heterocycles. The van der Waals surface area contributed by atoms with E-state index in [0.29, 0.717) is 6.61 Å². The maximum absolute atomic E-state index is 5.70. The molecule has 0 aromatic rings. The topological polar surface area (TPSA) is 9.23 Å². The van der Waals surface area contributed by atoms with E-state index in [4.69, 9.17) is 27.9 Å². The Morgan fingerprint density at radius 2 is 2.00 bits per heavy atom. The fourth-order valence-electron chi connectivity index (χ4n) is 0.687. The number of halogens is 2. The standard InChI is InChI=1S/C5H8Cl2O/c6-4-1-2-5(7)8-3-4/h4-5H,1-3H2. The number of ether oxygens (including phenoxy) is 1. The largest absolute Gasteiger partial charge is 0.361 e. The van der Waals surface area contributed by atoms with Crippen LogP contribution in [0.3, 0.4) is 0 Å². The van der Waals surface area contributed by atoms with Crippen molar-refractivity contribution in [3.8, 4) is 0 Å².